The lowest BCUT2D eigenvalue weighted by Gasteiger charge is -2.65. The topological polar surface area (TPSA) is 164 Å². The lowest BCUT2D eigenvalue weighted by molar-refractivity contribution is -0.246. The molecular formula is C49H66O11. The Bertz CT molecular complexity index is 2150. The van der Waals surface area contributed by atoms with Crippen molar-refractivity contribution in [2.45, 2.75) is 181 Å². The van der Waals surface area contributed by atoms with Gasteiger partial charge in [-0.25, -0.2) is 0 Å². The van der Waals surface area contributed by atoms with Crippen molar-refractivity contribution in [3.63, 3.8) is 0 Å². The fourth-order valence-electron chi connectivity index (χ4n) is 15.7. The first kappa shape index (κ1) is 41.0. The summed E-state index contributed by atoms with van der Waals surface area (Å²) in [6.45, 7) is 19.1. The van der Waals surface area contributed by atoms with Crippen LogP contribution in [0, 0.1) is 45.3 Å². The van der Waals surface area contributed by atoms with Gasteiger partial charge >= 0.3 is 5.97 Å². The number of esters is 1. The molecule has 2 aromatic carbocycles. The minimum absolute atomic E-state index is 0.0384. The Hall–Kier alpha value is -3.09. The number of carbonyl (C=O) groups excluding carboxylic acids is 1. The Morgan fingerprint density at radius 1 is 0.767 bits per heavy atom. The average molecular weight is 831 g/mol. The maximum absolute atomic E-state index is 12.7. The van der Waals surface area contributed by atoms with Crippen molar-refractivity contribution in [3.8, 4) is 23.0 Å². The lowest BCUT2D eigenvalue weighted by atomic mass is 9.43. The number of benzene rings is 2. The summed E-state index contributed by atoms with van der Waals surface area (Å²) in [5.74, 6) is 1.36. The molecule has 4 saturated carbocycles. The van der Waals surface area contributed by atoms with E-state index in [9.17, 15) is 30.3 Å². The maximum atomic E-state index is 12.7. The molecule has 2 spiro atoms. The molecule has 10 rings (SSSR count). The minimum atomic E-state index is -1.24. The lowest BCUT2D eigenvalue weighted by Crippen LogP contribution is -2.69. The van der Waals surface area contributed by atoms with Gasteiger partial charge in [0.25, 0.3) is 0 Å². The number of ether oxygens (including phenoxy) is 5. The molecule has 2 bridgehead atoms. The van der Waals surface area contributed by atoms with E-state index in [4.69, 9.17) is 23.7 Å². The molecule has 4 fully saturated rings. The smallest absolute Gasteiger partial charge is 0.303 e. The van der Waals surface area contributed by atoms with Gasteiger partial charge in [-0.3, -0.25) is 4.79 Å². The third kappa shape index (κ3) is 5.10. The summed E-state index contributed by atoms with van der Waals surface area (Å²) in [5.41, 5.74) is 0.866. The third-order valence-electron chi connectivity index (χ3n) is 18.9. The minimum Gasteiger partial charge on any atom is -0.508 e. The summed E-state index contributed by atoms with van der Waals surface area (Å²) in [7, 11) is 0. The van der Waals surface area contributed by atoms with Crippen LogP contribution in [0.4, 0.5) is 0 Å². The highest BCUT2D eigenvalue weighted by Crippen LogP contribution is 2.70. The van der Waals surface area contributed by atoms with Gasteiger partial charge in [-0.2, -0.15) is 0 Å². The second kappa shape index (κ2) is 13.0. The van der Waals surface area contributed by atoms with Gasteiger partial charge in [0.15, 0.2) is 6.29 Å². The summed E-state index contributed by atoms with van der Waals surface area (Å²) in [5, 5.41) is 59.4. The molecule has 0 radical (unpaired) electrons. The fraction of sp³-hybridized carbons (Fsp3) is 0.735. The predicted octanol–water partition coefficient (Wildman–Crippen LogP) is 7.66. The normalized spacial score (nSPS) is 44.1. The Labute approximate surface area is 354 Å². The summed E-state index contributed by atoms with van der Waals surface area (Å²) < 4.78 is 34.0. The van der Waals surface area contributed by atoms with Gasteiger partial charge in [0.1, 0.15) is 52.5 Å². The molecule has 0 aromatic heterocycles. The number of hydrogen-bond acceptors (Lipinski definition) is 11. The molecule has 4 aliphatic carbocycles. The molecule has 2 aromatic rings. The predicted molar refractivity (Wildman–Crippen MR) is 220 cm³/mol. The third-order valence-corrected chi connectivity index (χ3v) is 18.9. The number of phenolic OH excluding ortho intramolecular Hbond substituents is 2. The molecular weight excluding hydrogens is 765 g/mol. The second-order valence-corrected chi connectivity index (χ2v) is 22.2. The molecule has 0 unspecified atom stereocenters. The Kier molecular flexibility index (Phi) is 8.87. The first-order chi connectivity index (χ1) is 28.1. The van der Waals surface area contributed by atoms with E-state index in [2.05, 4.69) is 55.4 Å². The number of fused-ring (bicyclic) bond motifs is 13. The molecule has 8 aliphatic rings. The van der Waals surface area contributed by atoms with Crippen LogP contribution in [0.2, 0.25) is 0 Å². The zero-order chi connectivity index (χ0) is 42.9. The average Bonchev–Trinajstić information content (AvgIpc) is 3.70. The number of aliphatic hydroxyl groups excluding tert-OH is 3. The van der Waals surface area contributed by atoms with E-state index in [1.165, 1.54) is 6.92 Å². The molecule has 14 atom stereocenters. The highest BCUT2D eigenvalue weighted by molar-refractivity contribution is 5.66. The first-order valence-electron chi connectivity index (χ1n) is 22.7. The van der Waals surface area contributed by atoms with Gasteiger partial charge in [0, 0.05) is 64.7 Å². The first-order valence-corrected chi connectivity index (χ1v) is 22.7. The van der Waals surface area contributed by atoms with E-state index < -0.39 is 64.8 Å². The SMILES string of the molecule is CC(=O)O[C@@H]1[C@H](O)C[C@@]2(C)[C@@H](CC[C@@H](C)[C@]23Cc2c(O)cc4c(c2O3)C[C@H]2OCc3cc(O)c5c(c3[C@H](O2)[C@H]4O)O[C@]2(C5)[C@H](C)CC[C@H]3C(C)(C)[C@H](O)CC[C@@]32C)C1(C)C. The van der Waals surface area contributed by atoms with Crippen LogP contribution >= 0.6 is 0 Å². The van der Waals surface area contributed by atoms with Crippen molar-refractivity contribution in [1.29, 1.82) is 0 Å². The van der Waals surface area contributed by atoms with Crippen LogP contribution in [0.1, 0.15) is 153 Å². The van der Waals surface area contributed by atoms with Gasteiger partial charge in [-0.05, 0) is 97.3 Å². The van der Waals surface area contributed by atoms with Crippen LogP contribution in [0.15, 0.2) is 12.1 Å². The number of rotatable bonds is 1. The molecule has 0 amide bonds. The van der Waals surface area contributed by atoms with Crippen LogP contribution in [0.5, 0.6) is 23.0 Å². The van der Waals surface area contributed by atoms with Gasteiger partial charge in [-0.15, -0.1) is 0 Å². The van der Waals surface area contributed by atoms with E-state index >= 15 is 0 Å². The van der Waals surface area contributed by atoms with Crippen LogP contribution in [0.3, 0.4) is 0 Å². The van der Waals surface area contributed by atoms with Crippen LogP contribution in [0.25, 0.3) is 0 Å². The number of aliphatic hydroxyl groups is 3. The number of aromatic hydroxyl groups is 2. The Morgan fingerprint density at radius 2 is 1.37 bits per heavy atom. The Morgan fingerprint density at radius 3 is 2.03 bits per heavy atom. The zero-order valence-corrected chi connectivity index (χ0v) is 36.9. The van der Waals surface area contributed by atoms with Crippen molar-refractivity contribution in [3.05, 3.63) is 45.5 Å². The summed E-state index contributed by atoms with van der Waals surface area (Å²) >= 11 is 0. The molecule has 328 valence electrons. The summed E-state index contributed by atoms with van der Waals surface area (Å²) in [6, 6.07) is 3.44. The quantitative estimate of drug-likeness (QED) is 0.179. The summed E-state index contributed by atoms with van der Waals surface area (Å²) in [4.78, 5) is 12.2. The largest absolute Gasteiger partial charge is 0.508 e. The van der Waals surface area contributed by atoms with E-state index in [0.29, 0.717) is 59.4 Å². The summed E-state index contributed by atoms with van der Waals surface area (Å²) in [6.07, 6.45) is 1.82. The van der Waals surface area contributed by atoms with Crippen LogP contribution in [-0.2, 0) is 44.9 Å². The molecule has 60 heavy (non-hydrogen) atoms. The van der Waals surface area contributed by atoms with E-state index in [1.807, 2.05) is 0 Å². The van der Waals surface area contributed by atoms with Gasteiger partial charge in [-0.1, -0.05) is 55.4 Å². The van der Waals surface area contributed by atoms with Crippen molar-refractivity contribution in [1.82, 2.24) is 0 Å². The standard InChI is InChI=1S/C49H66O11/c1-23-10-12-34-44(4,5)36(54)14-15-46(34,8)48(23)20-30-31(51)16-26-22-56-37-18-28-27(39(55)42(58-37)38(26)41(30)60-48)17-32(52)29-19-49(59-40(28)29)24(2)11-13-35-45(6,7)43(57-25(3)50)33(53)21-47(35,49)9/h16-17,23-24,33-37,39,42-43,51-55H,10-15,18-22H2,1-9H3/t23-,24-,33-,34+,35+,36-,37+,39+,42+,43-,46+,47+,48-,49-/m1/s1. The molecule has 11 heteroatoms. The number of carbonyl (C=O) groups is 1. The van der Waals surface area contributed by atoms with Crippen LogP contribution in [-0.4, -0.2) is 67.3 Å². The van der Waals surface area contributed by atoms with E-state index in [-0.39, 0.29) is 59.0 Å². The fourth-order valence-corrected chi connectivity index (χ4v) is 15.7. The van der Waals surface area contributed by atoms with E-state index in [1.54, 1.807) is 12.1 Å². The van der Waals surface area contributed by atoms with Crippen molar-refractivity contribution in [2.75, 3.05) is 0 Å². The maximum Gasteiger partial charge on any atom is 0.303 e. The molecule has 4 heterocycles. The van der Waals surface area contributed by atoms with Crippen LogP contribution < -0.4 is 9.47 Å². The number of hydrogen-bond donors (Lipinski definition) is 5. The van der Waals surface area contributed by atoms with E-state index in [0.717, 1.165) is 43.2 Å². The van der Waals surface area contributed by atoms with Crippen molar-refractivity contribution in [2.24, 2.45) is 45.3 Å². The van der Waals surface area contributed by atoms with Gasteiger partial charge in [0.05, 0.1) is 18.8 Å². The van der Waals surface area contributed by atoms with Crippen molar-refractivity contribution < 1.29 is 54.0 Å². The van der Waals surface area contributed by atoms with Crippen molar-refractivity contribution >= 4 is 5.97 Å². The van der Waals surface area contributed by atoms with Gasteiger partial charge < -0.3 is 49.2 Å². The second-order valence-electron chi connectivity index (χ2n) is 22.2. The Balaban J connectivity index is 1.05. The zero-order valence-electron chi connectivity index (χ0n) is 36.9. The molecule has 11 nitrogen and oxygen atoms in total. The highest BCUT2D eigenvalue weighted by Gasteiger charge is 2.70. The molecule has 5 N–H and O–H groups in total. The molecule has 4 aliphatic heterocycles. The number of phenols is 2. The monoisotopic (exact) mass is 830 g/mol. The highest BCUT2D eigenvalue weighted by atomic mass is 16.7. The molecule has 0 saturated heterocycles. The van der Waals surface area contributed by atoms with Gasteiger partial charge in [0.2, 0.25) is 0 Å².